The number of aliphatic hydroxyl groups is 1. The lowest BCUT2D eigenvalue weighted by molar-refractivity contribution is -0.000408. The molecular weight excluding hydrogens is 340 g/mol. The number of rotatable bonds is 0. The molecule has 86 valence electrons. The Bertz CT molecular complexity index is 472. The second kappa shape index (κ2) is 3.58. The van der Waals surface area contributed by atoms with Crippen molar-refractivity contribution in [2.24, 2.45) is 0 Å². The summed E-state index contributed by atoms with van der Waals surface area (Å²) < 4.78 is 3.20. The van der Waals surface area contributed by atoms with E-state index in [2.05, 4.69) is 31.9 Å². The highest BCUT2D eigenvalue weighted by atomic mass is 79.9. The first-order chi connectivity index (χ1) is 7.61. The van der Waals surface area contributed by atoms with Crippen molar-refractivity contribution in [2.75, 3.05) is 6.54 Å². The minimum atomic E-state index is -0.643. The maximum atomic E-state index is 12.2. The third-order valence-corrected chi connectivity index (χ3v) is 5.27. The lowest BCUT2D eigenvalue weighted by atomic mass is 10.1. The van der Waals surface area contributed by atoms with E-state index in [4.69, 9.17) is 0 Å². The Morgan fingerprint density at radius 1 is 1.44 bits per heavy atom. The summed E-state index contributed by atoms with van der Waals surface area (Å²) in [6.07, 6.45) is 1.20. The number of halogens is 2. The molecule has 0 aromatic carbocycles. The van der Waals surface area contributed by atoms with Crippen molar-refractivity contribution in [3.8, 4) is 0 Å². The average molecular weight is 350 g/mol. The van der Waals surface area contributed by atoms with E-state index in [1.165, 1.54) is 0 Å². The van der Waals surface area contributed by atoms with Gasteiger partial charge in [0.1, 0.15) is 10.3 Å². The first kappa shape index (κ1) is 10.8. The molecule has 2 aliphatic heterocycles. The molecule has 2 unspecified atom stereocenters. The number of hydrogen-bond acceptors (Lipinski definition) is 2. The van der Waals surface area contributed by atoms with Gasteiger partial charge in [0.25, 0.3) is 5.91 Å². The van der Waals surface area contributed by atoms with Gasteiger partial charge in [0.2, 0.25) is 0 Å². The molecule has 1 N–H and O–H groups in total. The molecule has 3 rings (SSSR count). The molecule has 1 amide bonds. The van der Waals surface area contributed by atoms with E-state index >= 15 is 0 Å². The lowest BCUT2D eigenvalue weighted by Crippen LogP contribution is -2.47. The Morgan fingerprint density at radius 3 is 2.94 bits per heavy atom. The Hall–Kier alpha value is -0.330. The van der Waals surface area contributed by atoms with Gasteiger partial charge in [-0.3, -0.25) is 4.79 Å². The average Bonchev–Trinajstić information content (AvgIpc) is 2.83. The summed E-state index contributed by atoms with van der Waals surface area (Å²) in [6.45, 7) is 0.751. The van der Waals surface area contributed by atoms with E-state index < -0.39 is 6.23 Å². The zero-order chi connectivity index (χ0) is 11.4. The van der Waals surface area contributed by atoms with Crippen molar-refractivity contribution in [1.82, 2.24) is 9.47 Å². The van der Waals surface area contributed by atoms with Crippen molar-refractivity contribution in [1.29, 1.82) is 0 Å². The van der Waals surface area contributed by atoms with Crippen molar-refractivity contribution < 1.29 is 9.90 Å². The van der Waals surface area contributed by atoms with Gasteiger partial charge in [0, 0.05) is 6.54 Å². The van der Waals surface area contributed by atoms with Gasteiger partial charge in [0.15, 0.2) is 6.23 Å². The maximum absolute atomic E-state index is 12.2. The second-order valence-electron chi connectivity index (χ2n) is 4.16. The number of fused-ring (bicyclic) bond motifs is 2. The summed E-state index contributed by atoms with van der Waals surface area (Å²) in [7, 11) is 0. The van der Waals surface area contributed by atoms with Gasteiger partial charge in [-0.2, -0.15) is 0 Å². The minimum Gasteiger partial charge on any atom is -0.371 e. The van der Waals surface area contributed by atoms with Crippen LogP contribution in [0.3, 0.4) is 0 Å². The SMILES string of the molecule is O=C1c2cc(Br)c(Br)n2C(O)C2CCCN12. The second-order valence-corrected chi connectivity index (χ2v) is 5.77. The number of nitrogens with zero attached hydrogens (tertiary/aromatic N) is 2. The van der Waals surface area contributed by atoms with E-state index in [1.807, 2.05) is 0 Å². The van der Waals surface area contributed by atoms with Crippen LogP contribution in [0.5, 0.6) is 0 Å². The van der Waals surface area contributed by atoms with Crippen LogP contribution < -0.4 is 0 Å². The molecule has 4 nitrogen and oxygen atoms in total. The molecule has 0 aliphatic carbocycles. The largest absolute Gasteiger partial charge is 0.371 e. The molecule has 2 aliphatic rings. The zero-order valence-corrected chi connectivity index (χ0v) is 11.5. The Balaban J connectivity index is 2.18. The number of carbonyl (C=O) groups is 1. The van der Waals surface area contributed by atoms with Gasteiger partial charge >= 0.3 is 0 Å². The monoisotopic (exact) mass is 348 g/mol. The van der Waals surface area contributed by atoms with E-state index in [0.29, 0.717) is 5.69 Å². The fourth-order valence-corrected chi connectivity index (χ4v) is 3.49. The highest BCUT2D eigenvalue weighted by Gasteiger charge is 2.42. The summed E-state index contributed by atoms with van der Waals surface area (Å²) in [6, 6.07) is 1.68. The number of amides is 1. The summed E-state index contributed by atoms with van der Waals surface area (Å²) in [5, 5.41) is 10.3. The number of carbonyl (C=O) groups excluding carboxylic acids is 1. The number of aliphatic hydroxyl groups excluding tert-OH is 1. The Labute approximate surface area is 109 Å². The highest BCUT2D eigenvalue weighted by Crippen LogP contribution is 2.39. The molecular formula is C10H10Br2N2O2. The number of aromatic nitrogens is 1. The van der Waals surface area contributed by atoms with Crippen molar-refractivity contribution in [3.63, 3.8) is 0 Å². The summed E-state index contributed by atoms with van der Waals surface area (Å²) in [5.41, 5.74) is 0.546. The molecule has 1 saturated heterocycles. The fourth-order valence-electron chi connectivity index (χ4n) is 2.57. The maximum Gasteiger partial charge on any atom is 0.271 e. The third kappa shape index (κ3) is 1.26. The van der Waals surface area contributed by atoms with Crippen LogP contribution in [-0.2, 0) is 0 Å². The van der Waals surface area contributed by atoms with Crippen LogP contribution in [0, 0.1) is 0 Å². The molecule has 0 saturated carbocycles. The van der Waals surface area contributed by atoms with Gasteiger partial charge in [0.05, 0.1) is 10.5 Å². The van der Waals surface area contributed by atoms with Crippen LogP contribution in [0.4, 0.5) is 0 Å². The predicted octanol–water partition coefficient (Wildman–Crippen LogP) is 2.12. The molecule has 0 spiro atoms. The van der Waals surface area contributed by atoms with Gasteiger partial charge in [-0.1, -0.05) is 0 Å². The molecule has 1 aromatic rings. The molecule has 0 radical (unpaired) electrons. The summed E-state index contributed by atoms with van der Waals surface area (Å²) in [4.78, 5) is 13.9. The van der Waals surface area contributed by atoms with Crippen molar-refractivity contribution >= 4 is 37.8 Å². The molecule has 0 bridgehead atoms. The van der Waals surface area contributed by atoms with Crippen LogP contribution >= 0.6 is 31.9 Å². The normalized spacial score (nSPS) is 28.2. The van der Waals surface area contributed by atoms with E-state index in [9.17, 15) is 9.90 Å². The molecule has 1 aromatic heterocycles. The van der Waals surface area contributed by atoms with Crippen LogP contribution in [0.15, 0.2) is 15.1 Å². The van der Waals surface area contributed by atoms with E-state index in [1.54, 1.807) is 15.5 Å². The standard InChI is InChI=1S/C10H10Br2N2O2/c11-5-4-7-9(15)13-3-1-2-6(13)10(16)14(7)8(5)12/h4,6,10,16H,1-3H2. The third-order valence-electron chi connectivity index (χ3n) is 3.32. The van der Waals surface area contributed by atoms with Crippen molar-refractivity contribution in [3.05, 3.63) is 20.8 Å². The van der Waals surface area contributed by atoms with E-state index in [0.717, 1.165) is 28.5 Å². The molecule has 16 heavy (non-hydrogen) atoms. The fraction of sp³-hybridized carbons (Fsp3) is 0.500. The van der Waals surface area contributed by atoms with Gasteiger partial charge in [-0.15, -0.1) is 0 Å². The van der Waals surface area contributed by atoms with Crippen LogP contribution in [0.1, 0.15) is 29.6 Å². The summed E-state index contributed by atoms with van der Waals surface area (Å²) >= 11 is 6.75. The molecule has 6 heteroatoms. The van der Waals surface area contributed by atoms with Crippen LogP contribution in [-0.4, -0.2) is 33.1 Å². The molecule has 3 heterocycles. The quantitative estimate of drug-likeness (QED) is 0.779. The van der Waals surface area contributed by atoms with Gasteiger partial charge in [-0.25, -0.2) is 0 Å². The lowest BCUT2D eigenvalue weighted by Gasteiger charge is -2.35. The Kier molecular flexibility index (Phi) is 2.42. The molecule has 2 atom stereocenters. The topological polar surface area (TPSA) is 45.5 Å². The smallest absolute Gasteiger partial charge is 0.271 e. The van der Waals surface area contributed by atoms with Gasteiger partial charge < -0.3 is 14.6 Å². The highest BCUT2D eigenvalue weighted by molar-refractivity contribution is 9.13. The van der Waals surface area contributed by atoms with Crippen LogP contribution in [0.2, 0.25) is 0 Å². The Morgan fingerprint density at radius 2 is 2.19 bits per heavy atom. The first-order valence-corrected chi connectivity index (χ1v) is 6.75. The predicted molar refractivity (Wildman–Crippen MR) is 65.1 cm³/mol. The van der Waals surface area contributed by atoms with Crippen LogP contribution in [0.25, 0.3) is 0 Å². The minimum absolute atomic E-state index is 0.0131. The number of hydrogen-bond donors (Lipinski definition) is 1. The zero-order valence-electron chi connectivity index (χ0n) is 8.36. The first-order valence-electron chi connectivity index (χ1n) is 5.16. The van der Waals surface area contributed by atoms with Gasteiger partial charge in [-0.05, 0) is 50.8 Å². The molecule has 1 fully saturated rings. The summed E-state index contributed by atoms with van der Waals surface area (Å²) in [5.74, 6) is 0.0131. The van der Waals surface area contributed by atoms with E-state index in [-0.39, 0.29) is 11.9 Å². The van der Waals surface area contributed by atoms with Crippen molar-refractivity contribution in [2.45, 2.75) is 25.1 Å².